The van der Waals surface area contributed by atoms with Gasteiger partial charge >= 0.3 is 0 Å². The molecule has 0 atom stereocenters. The highest BCUT2D eigenvalue weighted by Crippen LogP contribution is 2.22. The Bertz CT molecular complexity index is 602. The number of aryl methyl sites for hydroxylation is 2. The molecule has 5 heteroatoms. The maximum atomic E-state index is 12.4. The van der Waals surface area contributed by atoms with Crippen LogP contribution in [0.3, 0.4) is 0 Å². The second kappa shape index (κ2) is 11.0. The number of hydrogen-bond donors (Lipinski definition) is 1. The molecule has 1 fully saturated rings. The van der Waals surface area contributed by atoms with Crippen LogP contribution in [0.25, 0.3) is 0 Å². The Hall–Kier alpha value is -2.04. The summed E-state index contributed by atoms with van der Waals surface area (Å²) in [4.78, 5) is 26.1. The van der Waals surface area contributed by atoms with E-state index in [0.29, 0.717) is 19.4 Å². The molecule has 150 valence electrons. The van der Waals surface area contributed by atoms with Crippen LogP contribution in [0, 0.1) is 13.8 Å². The molecule has 2 rings (SSSR count). The van der Waals surface area contributed by atoms with Gasteiger partial charge in [0.15, 0.2) is 0 Å². The maximum absolute atomic E-state index is 12.4. The van der Waals surface area contributed by atoms with Crippen molar-refractivity contribution in [2.45, 2.75) is 71.8 Å². The van der Waals surface area contributed by atoms with Gasteiger partial charge in [-0.05, 0) is 50.7 Å². The van der Waals surface area contributed by atoms with Crippen LogP contribution in [0.5, 0.6) is 5.75 Å². The average Bonchev–Trinajstić information content (AvgIpc) is 2.65. The van der Waals surface area contributed by atoms with Crippen molar-refractivity contribution < 1.29 is 14.3 Å². The number of hydrogen-bond acceptors (Lipinski definition) is 3. The zero-order valence-electron chi connectivity index (χ0n) is 17.1. The third-order valence-corrected chi connectivity index (χ3v) is 5.16. The zero-order valence-corrected chi connectivity index (χ0v) is 17.1. The lowest BCUT2D eigenvalue weighted by Crippen LogP contribution is -2.46. The van der Waals surface area contributed by atoms with Gasteiger partial charge in [0.2, 0.25) is 11.8 Å². The summed E-state index contributed by atoms with van der Waals surface area (Å²) in [5.41, 5.74) is 2.26. The number of benzene rings is 1. The second-order valence-corrected chi connectivity index (χ2v) is 7.50. The topological polar surface area (TPSA) is 58.6 Å². The third-order valence-electron chi connectivity index (χ3n) is 5.16. The number of rotatable bonds is 9. The Kier molecular flexibility index (Phi) is 8.62. The number of para-hydroxylation sites is 1. The summed E-state index contributed by atoms with van der Waals surface area (Å²) in [5.74, 6) is 1.27. The molecule has 0 bridgehead atoms. The summed E-state index contributed by atoms with van der Waals surface area (Å²) in [7, 11) is 0. The molecule has 1 aliphatic heterocycles. The van der Waals surface area contributed by atoms with Crippen molar-refractivity contribution in [3.05, 3.63) is 29.3 Å². The van der Waals surface area contributed by atoms with Crippen molar-refractivity contribution >= 4 is 11.8 Å². The largest absolute Gasteiger partial charge is 0.493 e. The van der Waals surface area contributed by atoms with Crippen LogP contribution in [0.2, 0.25) is 0 Å². The van der Waals surface area contributed by atoms with E-state index in [1.54, 1.807) is 0 Å². The molecule has 2 amide bonds. The van der Waals surface area contributed by atoms with Crippen molar-refractivity contribution in [3.8, 4) is 5.75 Å². The molecule has 0 spiro atoms. The van der Waals surface area contributed by atoms with Crippen molar-refractivity contribution in [1.29, 1.82) is 0 Å². The first-order valence-electron chi connectivity index (χ1n) is 10.3. The predicted molar refractivity (Wildman–Crippen MR) is 108 cm³/mol. The van der Waals surface area contributed by atoms with Gasteiger partial charge in [0.25, 0.3) is 0 Å². The minimum Gasteiger partial charge on any atom is -0.493 e. The van der Waals surface area contributed by atoms with E-state index in [1.165, 1.54) is 0 Å². The highest BCUT2D eigenvalue weighted by atomic mass is 16.5. The SMILES string of the molecule is CCCCC(=O)NC1CCN(C(=O)CCCOc2c(C)cccc2C)CC1. The number of amides is 2. The van der Waals surface area contributed by atoms with Gasteiger partial charge in [0.05, 0.1) is 6.61 Å². The first-order valence-corrected chi connectivity index (χ1v) is 10.3. The summed E-state index contributed by atoms with van der Waals surface area (Å²) in [5, 5.41) is 3.10. The summed E-state index contributed by atoms with van der Waals surface area (Å²) < 4.78 is 5.88. The van der Waals surface area contributed by atoms with Gasteiger partial charge in [-0.1, -0.05) is 31.5 Å². The van der Waals surface area contributed by atoms with E-state index in [2.05, 4.69) is 12.2 Å². The normalized spacial score (nSPS) is 14.9. The second-order valence-electron chi connectivity index (χ2n) is 7.50. The molecular formula is C22H34N2O3. The molecule has 0 unspecified atom stereocenters. The summed E-state index contributed by atoms with van der Waals surface area (Å²) in [6, 6.07) is 6.32. The number of likely N-dealkylation sites (tertiary alicyclic amines) is 1. The number of ether oxygens (including phenoxy) is 1. The number of carbonyl (C=O) groups is 2. The van der Waals surface area contributed by atoms with Gasteiger partial charge in [-0.2, -0.15) is 0 Å². The standard InChI is InChI=1S/C22H34N2O3/c1-4-5-10-20(25)23-19-12-14-24(15-13-19)21(26)11-7-16-27-22-17(2)8-6-9-18(22)3/h6,8-9,19H,4-5,7,10-16H2,1-3H3,(H,23,25). The molecule has 0 aliphatic carbocycles. The molecule has 0 aromatic heterocycles. The van der Waals surface area contributed by atoms with Crippen LogP contribution in [0.1, 0.15) is 63.0 Å². The molecular weight excluding hydrogens is 340 g/mol. The number of nitrogens with zero attached hydrogens (tertiary/aromatic N) is 1. The lowest BCUT2D eigenvalue weighted by Gasteiger charge is -2.32. The fraction of sp³-hybridized carbons (Fsp3) is 0.636. The molecule has 0 saturated carbocycles. The van der Waals surface area contributed by atoms with E-state index in [1.807, 2.05) is 36.9 Å². The monoisotopic (exact) mass is 374 g/mol. The summed E-state index contributed by atoms with van der Waals surface area (Å²) >= 11 is 0. The number of nitrogens with one attached hydrogen (secondary N) is 1. The van der Waals surface area contributed by atoms with E-state index in [9.17, 15) is 9.59 Å². The van der Waals surface area contributed by atoms with E-state index < -0.39 is 0 Å². The molecule has 1 saturated heterocycles. The molecule has 0 radical (unpaired) electrons. The minimum absolute atomic E-state index is 0.144. The molecule has 1 aromatic rings. The van der Waals surface area contributed by atoms with Gasteiger partial charge in [0, 0.05) is 32.0 Å². The molecule has 1 heterocycles. The highest BCUT2D eigenvalue weighted by Gasteiger charge is 2.23. The van der Waals surface area contributed by atoms with Crippen LogP contribution in [0.15, 0.2) is 18.2 Å². The maximum Gasteiger partial charge on any atom is 0.222 e. The number of carbonyl (C=O) groups excluding carboxylic acids is 2. The van der Waals surface area contributed by atoms with Crippen LogP contribution < -0.4 is 10.1 Å². The van der Waals surface area contributed by atoms with Gasteiger partial charge in [-0.3, -0.25) is 9.59 Å². The lowest BCUT2D eigenvalue weighted by atomic mass is 10.0. The van der Waals surface area contributed by atoms with E-state index in [0.717, 1.165) is 62.1 Å². The van der Waals surface area contributed by atoms with Crippen molar-refractivity contribution in [2.75, 3.05) is 19.7 Å². The lowest BCUT2D eigenvalue weighted by molar-refractivity contribution is -0.132. The molecule has 1 aromatic carbocycles. The Balaban J connectivity index is 1.64. The highest BCUT2D eigenvalue weighted by molar-refractivity contribution is 5.77. The molecule has 27 heavy (non-hydrogen) atoms. The van der Waals surface area contributed by atoms with Gasteiger partial charge in [-0.25, -0.2) is 0 Å². The predicted octanol–water partition coefficient (Wildman–Crippen LogP) is 3.76. The van der Waals surface area contributed by atoms with Crippen LogP contribution in [0.4, 0.5) is 0 Å². The summed E-state index contributed by atoms with van der Waals surface area (Å²) in [6.07, 6.45) is 5.51. The first-order chi connectivity index (χ1) is 13.0. The van der Waals surface area contributed by atoms with Crippen LogP contribution >= 0.6 is 0 Å². The third kappa shape index (κ3) is 6.89. The van der Waals surface area contributed by atoms with Crippen LogP contribution in [-0.4, -0.2) is 42.5 Å². The van der Waals surface area contributed by atoms with Gasteiger partial charge in [-0.15, -0.1) is 0 Å². The van der Waals surface area contributed by atoms with Crippen LogP contribution in [-0.2, 0) is 9.59 Å². The van der Waals surface area contributed by atoms with Crippen molar-refractivity contribution in [1.82, 2.24) is 10.2 Å². The smallest absolute Gasteiger partial charge is 0.222 e. The van der Waals surface area contributed by atoms with E-state index >= 15 is 0 Å². The Labute approximate surface area is 163 Å². The van der Waals surface area contributed by atoms with E-state index in [-0.39, 0.29) is 17.9 Å². The van der Waals surface area contributed by atoms with E-state index in [4.69, 9.17) is 4.74 Å². The fourth-order valence-corrected chi connectivity index (χ4v) is 3.49. The average molecular weight is 375 g/mol. The molecule has 1 N–H and O–H groups in total. The van der Waals surface area contributed by atoms with Crippen molar-refractivity contribution in [3.63, 3.8) is 0 Å². The zero-order chi connectivity index (χ0) is 19.6. The number of piperidine rings is 1. The Morgan fingerprint density at radius 1 is 1.11 bits per heavy atom. The van der Waals surface area contributed by atoms with Crippen molar-refractivity contribution in [2.24, 2.45) is 0 Å². The molecule has 1 aliphatic rings. The van der Waals surface area contributed by atoms with Gasteiger partial charge in [0.1, 0.15) is 5.75 Å². The van der Waals surface area contributed by atoms with Gasteiger partial charge < -0.3 is 15.0 Å². The minimum atomic E-state index is 0.144. The quantitative estimate of drug-likeness (QED) is 0.670. The molecule has 5 nitrogen and oxygen atoms in total. The summed E-state index contributed by atoms with van der Waals surface area (Å²) in [6.45, 7) is 8.19. The number of unbranched alkanes of at least 4 members (excludes halogenated alkanes) is 1. The Morgan fingerprint density at radius 2 is 1.78 bits per heavy atom. The first kappa shape index (κ1) is 21.3. The fourth-order valence-electron chi connectivity index (χ4n) is 3.49. The Morgan fingerprint density at radius 3 is 2.41 bits per heavy atom.